The van der Waals surface area contributed by atoms with Gasteiger partial charge in [-0.25, -0.2) is 37.2 Å². The highest BCUT2D eigenvalue weighted by Crippen LogP contribution is 2.39. The Morgan fingerprint density at radius 2 is 1.56 bits per heavy atom. The van der Waals surface area contributed by atoms with Gasteiger partial charge in [-0.15, -0.1) is 5.10 Å². The van der Waals surface area contributed by atoms with E-state index in [2.05, 4.69) is 30.1 Å². The molecule has 0 saturated heterocycles. The van der Waals surface area contributed by atoms with Gasteiger partial charge in [0, 0.05) is 5.02 Å². The molecule has 0 atom stereocenters. The Morgan fingerprint density at radius 1 is 0.938 bits per heavy atom. The first-order valence-electron chi connectivity index (χ1n) is 12.7. The normalized spacial score (nSPS) is 11.1. The molecule has 4 aromatic rings. The number of amides is 2. The molecule has 2 heterocycles. The van der Waals surface area contributed by atoms with Crippen molar-refractivity contribution in [2.45, 2.75) is 9.55 Å². The fourth-order valence-corrected chi connectivity index (χ4v) is 5.46. The molecule has 4 rings (SSSR count). The molecule has 2 amide bonds. The number of halogens is 5. The second-order valence-corrected chi connectivity index (χ2v) is 13.7. The Labute approximate surface area is 297 Å². The van der Waals surface area contributed by atoms with Crippen LogP contribution in [-0.4, -0.2) is 77.6 Å². The molecular weight excluding hydrogens is 764 g/mol. The van der Waals surface area contributed by atoms with Crippen LogP contribution in [0.1, 0.15) is 32.4 Å². The minimum Gasteiger partial charge on any atom is -0.481 e. The summed E-state index contributed by atoms with van der Waals surface area (Å²) in [5.74, 6) is -3.38. The number of esters is 1. The van der Waals surface area contributed by atoms with Gasteiger partial charge in [-0.3, -0.25) is 5.32 Å². The minimum absolute atomic E-state index is 0.0802. The first-order valence-corrected chi connectivity index (χ1v) is 16.2. The third-order valence-electron chi connectivity index (χ3n) is 5.53. The van der Waals surface area contributed by atoms with E-state index in [9.17, 15) is 22.8 Å². The molecule has 0 spiro atoms. The van der Waals surface area contributed by atoms with Crippen LogP contribution in [0.3, 0.4) is 0 Å². The highest BCUT2D eigenvalue weighted by molar-refractivity contribution is 7.89. The number of rotatable bonds is 9. The molecular formula is C26H22Cl5N7O9S. The average Bonchev–Trinajstić information content (AvgIpc) is 3.47. The number of alkyl halides is 3. The van der Waals surface area contributed by atoms with Crippen LogP contribution in [0.4, 0.5) is 10.7 Å². The molecule has 3 N–H and O–H groups in total. The van der Waals surface area contributed by atoms with Gasteiger partial charge in [0.2, 0.25) is 31.5 Å². The lowest BCUT2D eigenvalue weighted by Crippen LogP contribution is -2.36. The Balaban J connectivity index is 0.000000275. The number of sulfonamides is 1. The summed E-state index contributed by atoms with van der Waals surface area (Å²) in [5, 5.41) is 15.5. The molecule has 0 radical (unpaired) electrons. The number of anilines is 1. The van der Waals surface area contributed by atoms with E-state index in [1.165, 1.54) is 57.7 Å². The lowest BCUT2D eigenvalue weighted by atomic mass is 10.1. The van der Waals surface area contributed by atoms with E-state index in [0.29, 0.717) is 5.02 Å². The van der Waals surface area contributed by atoms with E-state index in [0.717, 1.165) is 4.68 Å². The van der Waals surface area contributed by atoms with Gasteiger partial charge in [0.15, 0.2) is 5.82 Å². The van der Waals surface area contributed by atoms with Crippen LogP contribution in [0.15, 0.2) is 48.5 Å². The number of benzene rings is 2. The van der Waals surface area contributed by atoms with Gasteiger partial charge in [-0.2, -0.15) is 9.97 Å². The summed E-state index contributed by atoms with van der Waals surface area (Å²) in [6, 6.07) is 10.8. The predicted molar refractivity (Wildman–Crippen MR) is 175 cm³/mol. The smallest absolute Gasteiger partial charge is 0.375 e. The standard InChI is InChI=1S/C16H18N4O7S.C10H4Cl5N3O2/c1-25-12-8-13(26-2)18-15(17-12)19-16(22)20-28(23,24)9-10-6-4-5-7-11(10)14(21)27-3;11-4-1-2-6(5(12)3-4)18-9(10(13,14)15)16-7(17-18)8(19)20/h4-8H,9H2,1-3H3,(H2,17,18,19,20,22);1-3H,(H,19,20). The molecule has 0 aliphatic carbocycles. The molecule has 256 valence electrons. The SMILES string of the molecule is COC(=O)c1ccccc1CS(=O)(=O)NC(=O)Nc1nc(OC)cc(OC)n1.O=C(O)c1nc(C(Cl)(Cl)Cl)n(-c2ccc(Cl)cc2Cl)n1. The number of aromatic carboxylic acids is 1. The number of urea groups is 1. The fraction of sp³-hybridized carbons (Fsp3) is 0.192. The summed E-state index contributed by atoms with van der Waals surface area (Å²) in [5.41, 5.74) is 0.544. The maximum atomic E-state index is 12.3. The van der Waals surface area contributed by atoms with E-state index in [1.54, 1.807) is 12.1 Å². The molecule has 16 nitrogen and oxygen atoms in total. The second-order valence-electron chi connectivity index (χ2n) is 8.81. The van der Waals surface area contributed by atoms with E-state index in [4.69, 9.17) is 72.6 Å². The van der Waals surface area contributed by atoms with E-state index < -0.39 is 43.4 Å². The van der Waals surface area contributed by atoms with Crippen LogP contribution in [0, 0.1) is 0 Å². The summed E-state index contributed by atoms with van der Waals surface area (Å²) >= 11 is 29.1. The average molecular weight is 786 g/mol. The molecule has 22 heteroatoms. The highest BCUT2D eigenvalue weighted by Gasteiger charge is 2.33. The second kappa shape index (κ2) is 16.3. The molecule has 0 saturated carbocycles. The predicted octanol–water partition coefficient (Wildman–Crippen LogP) is 5.03. The number of carbonyl (C=O) groups excluding carboxylic acids is 2. The van der Waals surface area contributed by atoms with Gasteiger partial charge in [0.05, 0.1) is 49.4 Å². The van der Waals surface area contributed by atoms with Crippen molar-refractivity contribution >= 4 is 91.9 Å². The fourth-order valence-electron chi connectivity index (χ4n) is 3.54. The van der Waals surface area contributed by atoms with E-state index >= 15 is 0 Å². The Morgan fingerprint density at radius 3 is 2.10 bits per heavy atom. The lowest BCUT2D eigenvalue weighted by molar-refractivity contribution is 0.0598. The molecule has 0 aliphatic rings. The number of carboxylic acid groups (broad SMARTS) is 1. The number of nitrogens with zero attached hydrogens (tertiary/aromatic N) is 5. The van der Waals surface area contributed by atoms with Gasteiger partial charge >= 0.3 is 18.0 Å². The summed E-state index contributed by atoms with van der Waals surface area (Å²) in [6.45, 7) is 0. The van der Waals surface area contributed by atoms with Crippen LogP contribution in [0.25, 0.3) is 5.69 Å². The number of methoxy groups -OCH3 is 3. The van der Waals surface area contributed by atoms with Crippen LogP contribution >= 0.6 is 58.0 Å². The van der Waals surface area contributed by atoms with Crippen LogP contribution in [0.2, 0.25) is 10.0 Å². The summed E-state index contributed by atoms with van der Waals surface area (Å²) in [7, 11) is -0.243. The van der Waals surface area contributed by atoms with Crippen molar-refractivity contribution in [3.8, 4) is 17.4 Å². The zero-order valence-corrected chi connectivity index (χ0v) is 29.2. The van der Waals surface area contributed by atoms with E-state index in [1.807, 2.05) is 4.72 Å². The summed E-state index contributed by atoms with van der Waals surface area (Å²) < 4.78 is 40.0. The van der Waals surface area contributed by atoms with Gasteiger partial charge in [-0.05, 0) is 29.8 Å². The van der Waals surface area contributed by atoms with Gasteiger partial charge in [0.1, 0.15) is 0 Å². The van der Waals surface area contributed by atoms with Crippen LogP contribution in [0.5, 0.6) is 11.8 Å². The van der Waals surface area contributed by atoms with Crippen molar-refractivity contribution < 1.29 is 42.1 Å². The van der Waals surface area contributed by atoms with Crippen molar-refractivity contribution in [1.29, 1.82) is 0 Å². The number of nitrogens with one attached hydrogen (secondary N) is 2. The first kappa shape index (κ1) is 38.3. The molecule has 2 aromatic carbocycles. The number of carbonyl (C=O) groups is 3. The topological polar surface area (TPSA) is 214 Å². The summed E-state index contributed by atoms with van der Waals surface area (Å²) in [4.78, 5) is 46.1. The van der Waals surface area contributed by atoms with Crippen LogP contribution in [-0.2, 0) is 24.3 Å². The van der Waals surface area contributed by atoms with Crippen molar-refractivity contribution in [2.75, 3.05) is 26.6 Å². The van der Waals surface area contributed by atoms with Gasteiger partial charge in [-0.1, -0.05) is 76.2 Å². The Kier molecular flexibility index (Phi) is 13.0. The lowest BCUT2D eigenvalue weighted by Gasteiger charge is -2.12. The van der Waals surface area contributed by atoms with Crippen molar-refractivity contribution in [3.63, 3.8) is 0 Å². The largest absolute Gasteiger partial charge is 0.481 e. The molecule has 0 fully saturated rings. The maximum Gasteiger partial charge on any atom is 0.375 e. The highest BCUT2D eigenvalue weighted by atomic mass is 35.6. The first-order chi connectivity index (χ1) is 22.5. The van der Waals surface area contributed by atoms with E-state index in [-0.39, 0.29) is 45.4 Å². The zero-order chi connectivity index (χ0) is 35.8. The number of ether oxygens (including phenoxy) is 3. The third-order valence-corrected chi connectivity index (χ3v) is 7.76. The summed E-state index contributed by atoms with van der Waals surface area (Å²) in [6.07, 6.45) is 0. The third kappa shape index (κ3) is 10.4. The molecule has 2 aromatic heterocycles. The van der Waals surface area contributed by atoms with Crippen molar-refractivity contribution in [3.05, 3.63) is 81.4 Å². The van der Waals surface area contributed by atoms with Crippen molar-refractivity contribution in [2.24, 2.45) is 0 Å². The zero-order valence-electron chi connectivity index (χ0n) is 24.6. The number of carboxylic acids is 1. The minimum atomic E-state index is -4.14. The molecule has 0 aliphatic heterocycles. The molecule has 48 heavy (non-hydrogen) atoms. The van der Waals surface area contributed by atoms with Gasteiger partial charge in [0.25, 0.3) is 5.82 Å². The number of hydrogen-bond donors (Lipinski definition) is 3. The number of aromatic nitrogens is 5. The van der Waals surface area contributed by atoms with Crippen molar-refractivity contribution in [1.82, 2.24) is 29.5 Å². The molecule has 0 bridgehead atoms. The Bertz CT molecular complexity index is 1920. The quantitative estimate of drug-likeness (QED) is 0.150. The number of hydrogen-bond acceptors (Lipinski definition) is 12. The monoisotopic (exact) mass is 783 g/mol. The Hall–Kier alpha value is -4.13. The molecule has 0 unspecified atom stereocenters. The van der Waals surface area contributed by atoms with Crippen LogP contribution < -0.4 is 19.5 Å². The maximum absolute atomic E-state index is 12.3. The van der Waals surface area contributed by atoms with Gasteiger partial charge < -0.3 is 19.3 Å².